The van der Waals surface area contributed by atoms with Crippen molar-refractivity contribution in [3.63, 3.8) is 0 Å². The number of nitrogens with one attached hydrogen (secondary N) is 1. The number of para-hydroxylation sites is 1. The smallest absolute Gasteiger partial charge is 0.234 e. The summed E-state index contributed by atoms with van der Waals surface area (Å²) in [6.45, 7) is 3.09. The Balaban J connectivity index is 1.34. The van der Waals surface area contributed by atoms with E-state index in [2.05, 4.69) is 31.8 Å². The highest BCUT2D eigenvalue weighted by Crippen LogP contribution is 2.36. The van der Waals surface area contributed by atoms with E-state index in [1.165, 1.54) is 28.8 Å². The van der Waals surface area contributed by atoms with Crippen LogP contribution >= 0.6 is 23.5 Å². The lowest BCUT2D eigenvalue weighted by atomic mass is 10.1. The van der Waals surface area contributed by atoms with Crippen LogP contribution in [0.2, 0.25) is 0 Å². The van der Waals surface area contributed by atoms with Gasteiger partial charge in [-0.3, -0.25) is 9.69 Å². The van der Waals surface area contributed by atoms with Crippen molar-refractivity contribution in [2.24, 2.45) is 0 Å². The summed E-state index contributed by atoms with van der Waals surface area (Å²) in [5.74, 6) is 2.64. The van der Waals surface area contributed by atoms with E-state index in [9.17, 15) is 4.79 Å². The van der Waals surface area contributed by atoms with Gasteiger partial charge in [0.25, 0.3) is 0 Å². The number of aromatic nitrogens is 4. The molecule has 7 nitrogen and oxygen atoms in total. The molecular weight excluding hydrogens is 368 g/mol. The van der Waals surface area contributed by atoms with Crippen molar-refractivity contribution in [2.45, 2.75) is 30.6 Å². The summed E-state index contributed by atoms with van der Waals surface area (Å²) in [5, 5.41) is 15.6. The normalized spacial score (nSPS) is 18.0. The van der Waals surface area contributed by atoms with E-state index in [0.29, 0.717) is 11.8 Å². The molecule has 0 unspecified atom stereocenters. The van der Waals surface area contributed by atoms with Gasteiger partial charge >= 0.3 is 0 Å². The molecule has 0 bridgehead atoms. The second-order valence-electron chi connectivity index (χ2n) is 6.52. The maximum absolute atomic E-state index is 12.4. The molecule has 1 amide bonds. The number of benzene rings is 1. The quantitative estimate of drug-likeness (QED) is 0.727. The van der Waals surface area contributed by atoms with E-state index in [4.69, 9.17) is 0 Å². The lowest BCUT2D eigenvalue weighted by Gasteiger charge is -2.27. The van der Waals surface area contributed by atoms with Gasteiger partial charge in [0, 0.05) is 36.8 Å². The largest absolute Gasteiger partial charge is 0.325 e. The highest BCUT2D eigenvalue weighted by atomic mass is 32.2. The Morgan fingerprint density at radius 1 is 1.27 bits per heavy atom. The number of hydrogen-bond acceptors (Lipinski definition) is 7. The number of hydrogen-bond donors (Lipinski definition) is 1. The number of carbonyl (C=O) groups excluding carboxylic acids is 1. The van der Waals surface area contributed by atoms with Crippen LogP contribution in [-0.4, -0.2) is 61.4 Å². The number of amides is 1. The number of tetrazole rings is 1. The number of rotatable bonds is 7. The Labute approximate surface area is 161 Å². The summed E-state index contributed by atoms with van der Waals surface area (Å²) in [5.41, 5.74) is 2.07. The SMILES string of the molecule is O=C(CSc1nnnn1C1CC1)Nc1ccccc1CN1CCSCC1. The molecular formula is C17H22N6OS2. The van der Waals surface area contributed by atoms with Gasteiger partial charge in [0.15, 0.2) is 0 Å². The molecule has 1 aromatic carbocycles. The zero-order chi connectivity index (χ0) is 17.8. The van der Waals surface area contributed by atoms with Gasteiger partial charge in [0.1, 0.15) is 0 Å². The van der Waals surface area contributed by atoms with Crippen molar-refractivity contribution in [3.05, 3.63) is 29.8 Å². The average Bonchev–Trinajstić information content (AvgIpc) is 3.40. The molecule has 1 aromatic heterocycles. The summed E-state index contributed by atoms with van der Waals surface area (Å²) in [6, 6.07) is 8.48. The van der Waals surface area contributed by atoms with Crippen LogP contribution in [0.1, 0.15) is 24.4 Å². The second kappa shape index (κ2) is 8.41. The van der Waals surface area contributed by atoms with Crippen molar-refractivity contribution < 1.29 is 4.79 Å². The van der Waals surface area contributed by atoms with Gasteiger partial charge in [-0.2, -0.15) is 11.8 Å². The third-order valence-corrected chi connectivity index (χ3v) is 6.35. The molecule has 1 N–H and O–H groups in total. The van der Waals surface area contributed by atoms with Crippen molar-refractivity contribution in [1.82, 2.24) is 25.1 Å². The average molecular weight is 391 g/mol. The molecule has 2 heterocycles. The van der Waals surface area contributed by atoms with Crippen LogP contribution in [0.25, 0.3) is 0 Å². The summed E-state index contributed by atoms with van der Waals surface area (Å²) >= 11 is 3.40. The summed E-state index contributed by atoms with van der Waals surface area (Å²) in [7, 11) is 0. The molecule has 1 saturated heterocycles. The second-order valence-corrected chi connectivity index (χ2v) is 8.69. The maximum Gasteiger partial charge on any atom is 0.234 e. The summed E-state index contributed by atoms with van der Waals surface area (Å²) in [4.78, 5) is 14.9. The van der Waals surface area contributed by atoms with Crippen molar-refractivity contribution in [2.75, 3.05) is 35.7 Å². The van der Waals surface area contributed by atoms with Crippen LogP contribution in [0.15, 0.2) is 29.4 Å². The lowest BCUT2D eigenvalue weighted by Crippen LogP contribution is -2.32. The highest BCUT2D eigenvalue weighted by Gasteiger charge is 2.28. The molecule has 2 fully saturated rings. The van der Waals surface area contributed by atoms with Crippen molar-refractivity contribution in [1.29, 1.82) is 0 Å². The van der Waals surface area contributed by atoms with Crippen LogP contribution in [0.4, 0.5) is 5.69 Å². The fourth-order valence-corrected chi connectivity index (χ4v) is 4.65. The van der Waals surface area contributed by atoms with E-state index in [1.807, 2.05) is 34.6 Å². The summed E-state index contributed by atoms with van der Waals surface area (Å²) < 4.78 is 1.83. The fourth-order valence-electron chi connectivity index (χ4n) is 2.93. The topological polar surface area (TPSA) is 75.9 Å². The molecule has 1 aliphatic heterocycles. The number of thioether (sulfide) groups is 2. The minimum Gasteiger partial charge on any atom is -0.325 e. The Bertz CT molecular complexity index is 757. The van der Waals surface area contributed by atoms with Gasteiger partial charge in [-0.05, 0) is 34.9 Å². The van der Waals surface area contributed by atoms with E-state index >= 15 is 0 Å². The molecule has 9 heteroatoms. The van der Waals surface area contributed by atoms with E-state index in [0.717, 1.165) is 43.3 Å². The molecule has 2 aromatic rings. The molecule has 1 saturated carbocycles. The van der Waals surface area contributed by atoms with Crippen LogP contribution < -0.4 is 5.32 Å². The van der Waals surface area contributed by atoms with Gasteiger partial charge in [-0.1, -0.05) is 30.0 Å². The lowest BCUT2D eigenvalue weighted by molar-refractivity contribution is -0.113. The monoisotopic (exact) mass is 390 g/mol. The van der Waals surface area contributed by atoms with E-state index < -0.39 is 0 Å². The number of carbonyl (C=O) groups is 1. The van der Waals surface area contributed by atoms with Gasteiger partial charge in [0.2, 0.25) is 11.1 Å². The van der Waals surface area contributed by atoms with Crippen molar-refractivity contribution in [3.8, 4) is 0 Å². The highest BCUT2D eigenvalue weighted by molar-refractivity contribution is 7.99. The maximum atomic E-state index is 12.4. The molecule has 4 rings (SSSR count). The summed E-state index contributed by atoms with van der Waals surface area (Å²) in [6.07, 6.45) is 2.24. The fraction of sp³-hybridized carbons (Fsp3) is 0.529. The molecule has 26 heavy (non-hydrogen) atoms. The molecule has 0 spiro atoms. The minimum atomic E-state index is -0.0259. The van der Waals surface area contributed by atoms with E-state index in [-0.39, 0.29) is 5.91 Å². The van der Waals surface area contributed by atoms with E-state index in [1.54, 1.807) is 0 Å². The van der Waals surface area contributed by atoms with Crippen LogP contribution in [-0.2, 0) is 11.3 Å². The first-order valence-corrected chi connectivity index (χ1v) is 11.0. The van der Waals surface area contributed by atoms with Crippen LogP contribution in [0.5, 0.6) is 0 Å². The predicted molar refractivity (Wildman–Crippen MR) is 104 cm³/mol. The standard InChI is InChI=1S/C17H22N6OS2/c24-16(12-26-17-19-20-21-23(17)14-5-6-14)18-15-4-2-1-3-13(15)11-22-7-9-25-10-8-22/h1-4,14H,5-12H2,(H,18,24). The van der Waals surface area contributed by atoms with Crippen molar-refractivity contribution >= 4 is 35.1 Å². The Kier molecular flexibility index (Phi) is 5.76. The van der Waals surface area contributed by atoms with Gasteiger partial charge in [-0.15, -0.1) is 5.10 Å². The molecule has 0 radical (unpaired) electrons. The van der Waals surface area contributed by atoms with Gasteiger partial charge in [-0.25, -0.2) is 4.68 Å². The third-order valence-electron chi connectivity index (χ3n) is 4.48. The Morgan fingerprint density at radius 2 is 2.08 bits per heavy atom. The van der Waals surface area contributed by atoms with Crippen LogP contribution in [0, 0.1) is 0 Å². The zero-order valence-corrected chi connectivity index (χ0v) is 16.1. The van der Waals surface area contributed by atoms with Gasteiger partial charge in [0.05, 0.1) is 11.8 Å². The molecule has 138 valence electrons. The number of nitrogens with zero attached hydrogens (tertiary/aromatic N) is 5. The number of anilines is 1. The Morgan fingerprint density at radius 3 is 2.88 bits per heavy atom. The first-order chi connectivity index (χ1) is 12.8. The minimum absolute atomic E-state index is 0.0259. The first kappa shape index (κ1) is 17.8. The molecule has 0 atom stereocenters. The van der Waals surface area contributed by atoms with Gasteiger partial charge < -0.3 is 5.32 Å². The Hall–Kier alpha value is -1.58. The third kappa shape index (κ3) is 4.57. The zero-order valence-electron chi connectivity index (χ0n) is 14.5. The van der Waals surface area contributed by atoms with Crippen LogP contribution in [0.3, 0.4) is 0 Å². The first-order valence-electron chi connectivity index (χ1n) is 8.88. The molecule has 1 aliphatic carbocycles. The molecule has 2 aliphatic rings. The predicted octanol–water partition coefficient (Wildman–Crippen LogP) is 2.29.